The van der Waals surface area contributed by atoms with E-state index >= 15 is 0 Å². The van der Waals surface area contributed by atoms with Gasteiger partial charge in [-0.1, -0.05) is 0 Å². The number of methoxy groups -OCH3 is 1. The quantitative estimate of drug-likeness (QED) is 0.519. The molecule has 1 aromatic rings. The molecule has 0 saturated heterocycles. The maximum Gasteiger partial charge on any atom is 0.427 e. The third-order valence-corrected chi connectivity index (χ3v) is 1.12. The van der Waals surface area contributed by atoms with Gasteiger partial charge in [0, 0.05) is 12.4 Å². The van der Waals surface area contributed by atoms with E-state index in [9.17, 15) is 4.79 Å². The number of hydrogen-bond acceptors (Lipinski definition) is 5. The lowest BCUT2D eigenvalue weighted by Crippen LogP contribution is -2.16. The number of amides is 1. The molecule has 0 aliphatic rings. The SMILES string of the molecule is COC(=O)N/N=C/c1cnccn1. The summed E-state index contributed by atoms with van der Waals surface area (Å²) in [6.45, 7) is 0. The first-order valence-corrected chi connectivity index (χ1v) is 3.46. The minimum atomic E-state index is -0.625. The number of nitrogens with one attached hydrogen (secondary N) is 1. The Morgan fingerprint density at radius 3 is 3.15 bits per heavy atom. The fourth-order valence-electron chi connectivity index (χ4n) is 0.574. The van der Waals surface area contributed by atoms with Crippen LogP contribution >= 0.6 is 0 Å². The van der Waals surface area contributed by atoms with Crippen molar-refractivity contribution in [1.82, 2.24) is 15.4 Å². The summed E-state index contributed by atoms with van der Waals surface area (Å²) in [5.41, 5.74) is 2.68. The molecule has 0 aromatic carbocycles. The summed E-state index contributed by atoms with van der Waals surface area (Å²) in [4.78, 5) is 18.2. The fraction of sp³-hybridized carbons (Fsp3) is 0.143. The standard InChI is InChI=1S/C7H8N4O2/c1-13-7(12)11-10-5-6-4-8-2-3-9-6/h2-5H,1H3,(H,11,12)/b10-5+. The zero-order chi connectivity index (χ0) is 9.52. The van der Waals surface area contributed by atoms with Crippen LogP contribution in [0, 0.1) is 0 Å². The van der Waals surface area contributed by atoms with E-state index in [-0.39, 0.29) is 0 Å². The van der Waals surface area contributed by atoms with Crippen molar-refractivity contribution in [3.05, 3.63) is 24.3 Å². The van der Waals surface area contributed by atoms with Crippen LogP contribution in [0.15, 0.2) is 23.7 Å². The summed E-state index contributed by atoms with van der Waals surface area (Å²) in [7, 11) is 1.26. The van der Waals surface area contributed by atoms with E-state index < -0.39 is 6.09 Å². The van der Waals surface area contributed by atoms with Crippen molar-refractivity contribution in [2.45, 2.75) is 0 Å². The topological polar surface area (TPSA) is 76.5 Å². The van der Waals surface area contributed by atoms with Gasteiger partial charge in [0.25, 0.3) is 0 Å². The Labute approximate surface area is 74.7 Å². The number of carbonyl (C=O) groups is 1. The number of aromatic nitrogens is 2. The molecule has 0 bridgehead atoms. The molecule has 0 radical (unpaired) electrons. The molecule has 13 heavy (non-hydrogen) atoms. The molecule has 0 aliphatic carbocycles. The van der Waals surface area contributed by atoms with Gasteiger partial charge in [0.15, 0.2) is 0 Å². The molecule has 1 rings (SSSR count). The molecule has 0 atom stereocenters. The van der Waals surface area contributed by atoms with Gasteiger partial charge in [-0.25, -0.2) is 10.2 Å². The van der Waals surface area contributed by atoms with E-state index in [0.29, 0.717) is 5.69 Å². The van der Waals surface area contributed by atoms with Crippen molar-refractivity contribution in [1.29, 1.82) is 0 Å². The predicted octanol–water partition coefficient (Wildman–Crippen LogP) is 0.166. The van der Waals surface area contributed by atoms with E-state index in [1.165, 1.54) is 25.7 Å². The van der Waals surface area contributed by atoms with E-state index in [4.69, 9.17) is 0 Å². The van der Waals surface area contributed by atoms with Crippen molar-refractivity contribution >= 4 is 12.3 Å². The number of nitrogens with zero attached hydrogens (tertiary/aromatic N) is 3. The Morgan fingerprint density at radius 2 is 2.54 bits per heavy atom. The van der Waals surface area contributed by atoms with Crippen LogP contribution < -0.4 is 5.43 Å². The second-order valence-corrected chi connectivity index (χ2v) is 1.99. The van der Waals surface area contributed by atoms with Gasteiger partial charge in [-0.05, 0) is 0 Å². The van der Waals surface area contributed by atoms with E-state index in [0.717, 1.165) is 0 Å². The molecule has 0 unspecified atom stereocenters. The number of ether oxygens (including phenoxy) is 1. The van der Waals surface area contributed by atoms with Gasteiger partial charge in [0.05, 0.1) is 19.5 Å². The van der Waals surface area contributed by atoms with Crippen LogP contribution in [0.2, 0.25) is 0 Å². The van der Waals surface area contributed by atoms with E-state index in [2.05, 4.69) is 25.2 Å². The van der Waals surface area contributed by atoms with E-state index in [1.54, 1.807) is 6.20 Å². The van der Waals surface area contributed by atoms with Crippen LogP contribution in [0.1, 0.15) is 5.69 Å². The Morgan fingerprint density at radius 1 is 1.69 bits per heavy atom. The van der Waals surface area contributed by atoms with E-state index in [1.807, 2.05) is 0 Å². The second kappa shape index (κ2) is 4.81. The minimum absolute atomic E-state index is 0.555. The van der Waals surface area contributed by atoms with Gasteiger partial charge in [0.1, 0.15) is 5.69 Å². The predicted molar refractivity (Wildman–Crippen MR) is 45.2 cm³/mol. The first kappa shape index (κ1) is 9.11. The first-order valence-electron chi connectivity index (χ1n) is 3.46. The molecular weight excluding hydrogens is 172 g/mol. The Kier molecular flexibility index (Phi) is 3.37. The van der Waals surface area contributed by atoms with Gasteiger partial charge < -0.3 is 4.74 Å². The average Bonchev–Trinajstić information content (AvgIpc) is 2.19. The molecule has 1 aromatic heterocycles. The molecule has 0 aliphatic heterocycles. The third-order valence-electron chi connectivity index (χ3n) is 1.12. The Bertz CT molecular complexity index is 299. The lowest BCUT2D eigenvalue weighted by Gasteiger charge is -1.94. The Balaban J connectivity index is 2.45. The molecule has 0 fully saturated rings. The largest absolute Gasteiger partial charge is 0.452 e. The lowest BCUT2D eigenvalue weighted by atomic mass is 10.5. The smallest absolute Gasteiger partial charge is 0.427 e. The summed E-state index contributed by atoms with van der Waals surface area (Å²) in [5, 5.41) is 3.56. The second-order valence-electron chi connectivity index (χ2n) is 1.99. The highest BCUT2D eigenvalue weighted by molar-refractivity contribution is 5.77. The molecule has 6 heteroatoms. The van der Waals surface area contributed by atoms with Crippen molar-refractivity contribution in [2.24, 2.45) is 5.10 Å². The van der Waals surface area contributed by atoms with Gasteiger partial charge in [-0.3, -0.25) is 9.97 Å². The van der Waals surface area contributed by atoms with Crippen LogP contribution in [0.4, 0.5) is 4.79 Å². The van der Waals surface area contributed by atoms with Gasteiger partial charge in [0.2, 0.25) is 0 Å². The number of carbonyl (C=O) groups excluding carboxylic acids is 1. The molecular formula is C7H8N4O2. The van der Waals surface area contributed by atoms with Crippen molar-refractivity contribution < 1.29 is 9.53 Å². The fourth-order valence-corrected chi connectivity index (χ4v) is 0.574. The lowest BCUT2D eigenvalue weighted by molar-refractivity contribution is 0.171. The van der Waals surface area contributed by atoms with Crippen molar-refractivity contribution in [3.63, 3.8) is 0 Å². The summed E-state index contributed by atoms with van der Waals surface area (Å²) in [5.74, 6) is 0. The van der Waals surface area contributed by atoms with Crippen LogP contribution in [0.25, 0.3) is 0 Å². The minimum Gasteiger partial charge on any atom is -0.452 e. The zero-order valence-corrected chi connectivity index (χ0v) is 6.97. The molecule has 0 saturated carbocycles. The molecule has 6 nitrogen and oxygen atoms in total. The monoisotopic (exact) mass is 180 g/mol. The molecule has 68 valence electrons. The molecule has 1 heterocycles. The van der Waals surface area contributed by atoms with Crippen LogP contribution in [0.5, 0.6) is 0 Å². The highest BCUT2D eigenvalue weighted by atomic mass is 16.5. The summed E-state index contributed by atoms with van der Waals surface area (Å²) >= 11 is 0. The maximum atomic E-state index is 10.5. The normalized spacial score (nSPS) is 9.92. The summed E-state index contributed by atoms with van der Waals surface area (Å²) in [6.07, 6.45) is 5.33. The van der Waals surface area contributed by atoms with Gasteiger partial charge in [-0.2, -0.15) is 5.10 Å². The molecule has 1 N–H and O–H groups in total. The number of hydrogen-bond donors (Lipinski definition) is 1. The third kappa shape index (κ3) is 3.28. The van der Waals surface area contributed by atoms with Crippen molar-refractivity contribution in [3.8, 4) is 0 Å². The Hall–Kier alpha value is -1.98. The van der Waals surface area contributed by atoms with Gasteiger partial charge in [-0.15, -0.1) is 0 Å². The first-order chi connectivity index (χ1) is 6.33. The number of rotatable bonds is 2. The summed E-state index contributed by atoms with van der Waals surface area (Å²) < 4.78 is 4.29. The highest BCUT2D eigenvalue weighted by Gasteiger charge is 1.92. The molecule has 0 spiro atoms. The zero-order valence-electron chi connectivity index (χ0n) is 6.97. The van der Waals surface area contributed by atoms with Crippen LogP contribution in [-0.2, 0) is 4.74 Å². The average molecular weight is 180 g/mol. The van der Waals surface area contributed by atoms with Crippen LogP contribution in [-0.4, -0.2) is 29.4 Å². The highest BCUT2D eigenvalue weighted by Crippen LogP contribution is 1.83. The molecule has 1 amide bonds. The summed E-state index contributed by atoms with van der Waals surface area (Å²) in [6, 6.07) is 0. The number of hydrazone groups is 1. The van der Waals surface area contributed by atoms with Crippen molar-refractivity contribution in [2.75, 3.05) is 7.11 Å². The van der Waals surface area contributed by atoms with Crippen LogP contribution in [0.3, 0.4) is 0 Å². The maximum absolute atomic E-state index is 10.5. The van der Waals surface area contributed by atoms with Gasteiger partial charge >= 0.3 is 6.09 Å².